The summed E-state index contributed by atoms with van der Waals surface area (Å²) in [6.07, 6.45) is 1.49. The average molecular weight is 378 g/mol. The van der Waals surface area contributed by atoms with Gasteiger partial charge < -0.3 is 10.1 Å². The molecule has 1 N–H and O–H groups in total. The Hall–Kier alpha value is -3.59. The predicted molar refractivity (Wildman–Crippen MR) is 100.0 cm³/mol. The molecule has 2 aromatic carbocycles. The number of amides is 1. The number of nitrogens with one attached hydrogen (secondary N) is 1. The number of aromatic nitrogens is 5. The smallest absolute Gasteiger partial charge is 0.255 e. The molecule has 0 bridgehead atoms. The molecule has 0 radical (unpaired) electrons. The van der Waals surface area contributed by atoms with Crippen LogP contribution in [0.1, 0.15) is 16.1 Å². The lowest BCUT2D eigenvalue weighted by molar-refractivity contribution is 0.102. The van der Waals surface area contributed by atoms with Crippen molar-refractivity contribution in [1.82, 2.24) is 25.2 Å². The normalized spacial score (nSPS) is 10.5. The van der Waals surface area contributed by atoms with Gasteiger partial charge in [-0.2, -0.15) is 0 Å². The molecule has 27 heavy (non-hydrogen) atoms. The Kier molecular flexibility index (Phi) is 4.84. The topological polar surface area (TPSA) is 94.8 Å². The van der Waals surface area contributed by atoms with E-state index in [-0.39, 0.29) is 5.91 Å². The third-order valence-corrected chi connectivity index (χ3v) is 4.32. The van der Waals surface area contributed by atoms with E-state index in [0.717, 1.165) is 11.4 Å². The van der Waals surface area contributed by atoms with Crippen molar-refractivity contribution in [3.63, 3.8) is 0 Å². The molecule has 0 aliphatic heterocycles. The van der Waals surface area contributed by atoms with Gasteiger partial charge in [0.25, 0.3) is 5.91 Å². The van der Waals surface area contributed by atoms with Gasteiger partial charge in [-0.25, -0.2) is 9.67 Å². The van der Waals surface area contributed by atoms with Gasteiger partial charge in [0.15, 0.2) is 0 Å². The van der Waals surface area contributed by atoms with Gasteiger partial charge in [-0.3, -0.25) is 4.79 Å². The summed E-state index contributed by atoms with van der Waals surface area (Å²) in [4.78, 5) is 16.7. The van der Waals surface area contributed by atoms with E-state index in [1.165, 1.54) is 22.3 Å². The largest absolute Gasteiger partial charge is 0.487 e. The number of hydrogen-bond donors (Lipinski definition) is 1. The highest BCUT2D eigenvalue weighted by atomic mass is 32.1. The second-order valence-electron chi connectivity index (χ2n) is 5.56. The number of carbonyl (C=O) groups excluding carboxylic acids is 1. The first-order chi connectivity index (χ1) is 13.3. The number of thiazole rings is 1. The molecule has 1 amide bonds. The third kappa shape index (κ3) is 4.15. The number of ether oxygens (including phenoxy) is 1. The number of benzene rings is 2. The Balaban J connectivity index is 1.45. The Labute approximate surface area is 158 Å². The molecule has 0 saturated carbocycles. The molecule has 0 fully saturated rings. The number of carbonyl (C=O) groups is 1. The predicted octanol–water partition coefficient (Wildman–Crippen LogP) is 2.95. The van der Waals surface area contributed by atoms with Gasteiger partial charge in [0.2, 0.25) is 0 Å². The average Bonchev–Trinajstić information content (AvgIpc) is 3.41. The first-order valence-corrected chi connectivity index (χ1v) is 8.97. The second-order valence-corrected chi connectivity index (χ2v) is 6.27. The molecule has 0 atom stereocenters. The highest BCUT2D eigenvalue weighted by Crippen LogP contribution is 2.18. The minimum atomic E-state index is -0.233. The molecular weight excluding hydrogens is 364 g/mol. The lowest BCUT2D eigenvalue weighted by atomic mass is 10.2. The molecule has 2 heterocycles. The fraction of sp³-hybridized carbons (Fsp3) is 0.0556. The zero-order chi connectivity index (χ0) is 18.5. The van der Waals surface area contributed by atoms with E-state index >= 15 is 0 Å². The highest BCUT2D eigenvalue weighted by Gasteiger charge is 2.09. The zero-order valence-electron chi connectivity index (χ0n) is 14.0. The van der Waals surface area contributed by atoms with Crippen LogP contribution in [0.5, 0.6) is 5.75 Å². The van der Waals surface area contributed by atoms with E-state index in [1.807, 2.05) is 23.6 Å². The van der Waals surface area contributed by atoms with Crippen molar-refractivity contribution in [2.45, 2.75) is 6.61 Å². The summed E-state index contributed by atoms with van der Waals surface area (Å²) in [5.41, 5.74) is 4.50. The molecule has 4 rings (SSSR count). The van der Waals surface area contributed by atoms with Crippen molar-refractivity contribution in [2.24, 2.45) is 0 Å². The zero-order valence-corrected chi connectivity index (χ0v) is 14.8. The third-order valence-electron chi connectivity index (χ3n) is 3.68. The van der Waals surface area contributed by atoms with Gasteiger partial charge >= 0.3 is 0 Å². The number of tetrazole rings is 1. The van der Waals surface area contributed by atoms with Gasteiger partial charge in [-0.1, -0.05) is 12.1 Å². The van der Waals surface area contributed by atoms with Crippen molar-refractivity contribution < 1.29 is 9.53 Å². The van der Waals surface area contributed by atoms with E-state index in [0.29, 0.717) is 23.6 Å². The maximum atomic E-state index is 12.6. The van der Waals surface area contributed by atoms with Gasteiger partial charge in [0, 0.05) is 16.6 Å². The van der Waals surface area contributed by atoms with Crippen LogP contribution in [0, 0.1) is 0 Å². The minimum absolute atomic E-state index is 0.233. The van der Waals surface area contributed by atoms with E-state index in [2.05, 4.69) is 25.8 Å². The molecule has 0 spiro atoms. The summed E-state index contributed by atoms with van der Waals surface area (Å²) in [5.74, 6) is 0.376. The van der Waals surface area contributed by atoms with Crippen LogP contribution in [0.3, 0.4) is 0 Å². The van der Waals surface area contributed by atoms with Crippen LogP contribution in [0.25, 0.3) is 5.69 Å². The lowest BCUT2D eigenvalue weighted by Crippen LogP contribution is -2.12. The Morgan fingerprint density at radius 1 is 1.19 bits per heavy atom. The highest BCUT2D eigenvalue weighted by molar-refractivity contribution is 7.07. The standard InChI is InChI=1S/C18H14N6O2S/c25-18(21-14-4-2-5-16(8-14)24-11-20-22-23-24)13-3-1-6-17(7-13)26-9-15-10-27-12-19-15/h1-8,10-12H,9H2,(H,21,25). The van der Waals surface area contributed by atoms with Crippen LogP contribution >= 0.6 is 11.3 Å². The number of rotatable bonds is 6. The first kappa shape index (κ1) is 16.9. The van der Waals surface area contributed by atoms with Crippen LogP contribution < -0.4 is 10.1 Å². The Morgan fingerprint density at radius 2 is 2.11 bits per heavy atom. The van der Waals surface area contributed by atoms with Crippen molar-refractivity contribution in [3.05, 3.63) is 77.0 Å². The molecule has 0 unspecified atom stereocenters. The number of anilines is 1. The van der Waals surface area contributed by atoms with Gasteiger partial charge in [0.1, 0.15) is 18.7 Å². The maximum Gasteiger partial charge on any atom is 0.255 e. The molecule has 4 aromatic rings. The van der Waals surface area contributed by atoms with E-state index in [4.69, 9.17) is 4.74 Å². The van der Waals surface area contributed by atoms with Crippen molar-refractivity contribution in [3.8, 4) is 11.4 Å². The summed E-state index contributed by atoms with van der Waals surface area (Å²) in [6, 6.07) is 14.3. The maximum absolute atomic E-state index is 12.6. The van der Waals surface area contributed by atoms with Crippen molar-refractivity contribution in [2.75, 3.05) is 5.32 Å². The van der Waals surface area contributed by atoms with Crippen molar-refractivity contribution in [1.29, 1.82) is 0 Å². The fourth-order valence-electron chi connectivity index (χ4n) is 2.40. The van der Waals surface area contributed by atoms with Gasteiger partial charge in [0.05, 0.1) is 16.9 Å². The van der Waals surface area contributed by atoms with E-state index in [9.17, 15) is 4.79 Å². The second kappa shape index (κ2) is 7.75. The summed E-state index contributed by atoms with van der Waals surface area (Å²) in [6.45, 7) is 0.364. The van der Waals surface area contributed by atoms with Crippen LogP contribution in [0.2, 0.25) is 0 Å². The quantitative estimate of drug-likeness (QED) is 0.554. The van der Waals surface area contributed by atoms with Crippen LogP contribution in [-0.2, 0) is 6.61 Å². The molecule has 134 valence electrons. The summed E-state index contributed by atoms with van der Waals surface area (Å²) in [7, 11) is 0. The van der Waals surface area contributed by atoms with Gasteiger partial charge in [-0.05, 0) is 46.8 Å². The summed E-state index contributed by atoms with van der Waals surface area (Å²) < 4.78 is 7.21. The molecule has 2 aromatic heterocycles. The van der Waals surface area contributed by atoms with E-state index in [1.54, 1.807) is 35.8 Å². The van der Waals surface area contributed by atoms with Gasteiger partial charge in [-0.15, -0.1) is 16.4 Å². The van der Waals surface area contributed by atoms with Crippen LogP contribution in [-0.4, -0.2) is 31.1 Å². The van der Waals surface area contributed by atoms with Crippen molar-refractivity contribution >= 4 is 22.9 Å². The minimum Gasteiger partial charge on any atom is -0.487 e. The fourth-order valence-corrected chi connectivity index (χ4v) is 2.95. The number of hydrogen-bond acceptors (Lipinski definition) is 7. The molecule has 8 nitrogen and oxygen atoms in total. The first-order valence-electron chi connectivity index (χ1n) is 8.03. The summed E-state index contributed by atoms with van der Waals surface area (Å²) >= 11 is 1.51. The number of nitrogens with zero attached hydrogens (tertiary/aromatic N) is 5. The van der Waals surface area contributed by atoms with Crippen LogP contribution in [0.4, 0.5) is 5.69 Å². The van der Waals surface area contributed by atoms with Crippen LogP contribution in [0.15, 0.2) is 65.7 Å². The monoisotopic (exact) mass is 378 g/mol. The molecule has 0 aliphatic rings. The molecule has 0 saturated heterocycles. The Bertz CT molecular complexity index is 1030. The molecule has 0 aliphatic carbocycles. The lowest BCUT2D eigenvalue weighted by Gasteiger charge is -2.09. The SMILES string of the molecule is O=C(Nc1cccc(-n2cnnn2)c1)c1cccc(OCc2cscn2)c1. The molecule has 9 heteroatoms. The van der Waals surface area contributed by atoms with E-state index < -0.39 is 0 Å². The molecular formula is C18H14N6O2S. The Morgan fingerprint density at radius 3 is 2.93 bits per heavy atom. The summed E-state index contributed by atoms with van der Waals surface area (Å²) in [5, 5.41) is 15.9.